The van der Waals surface area contributed by atoms with Crippen molar-refractivity contribution in [2.24, 2.45) is 5.92 Å². The van der Waals surface area contributed by atoms with Gasteiger partial charge in [0.1, 0.15) is 6.04 Å². The topological polar surface area (TPSA) is 84.9 Å². The van der Waals surface area contributed by atoms with Crippen LogP contribution in [0.15, 0.2) is 18.2 Å². The highest BCUT2D eigenvalue weighted by atomic mass is 16.5. The van der Waals surface area contributed by atoms with Crippen molar-refractivity contribution in [3.63, 3.8) is 0 Å². The second kappa shape index (κ2) is 6.94. The molecule has 2 atom stereocenters. The molecular weight excluding hydrogens is 285 g/mol. The monoisotopic (exact) mass is 305 g/mol. The lowest BCUT2D eigenvalue weighted by Gasteiger charge is -2.22. The van der Waals surface area contributed by atoms with E-state index >= 15 is 0 Å². The van der Waals surface area contributed by atoms with Crippen LogP contribution in [0, 0.1) is 5.92 Å². The first-order valence-corrected chi connectivity index (χ1v) is 7.29. The normalized spacial score (nSPS) is 15.9. The van der Waals surface area contributed by atoms with Crippen molar-refractivity contribution in [3.8, 4) is 0 Å². The summed E-state index contributed by atoms with van der Waals surface area (Å²) in [5, 5.41) is 12.4. The molecule has 0 spiro atoms. The quantitative estimate of drug-likeness (QED) is 0.600. The van der Waals surface area contributed by atoms with Gasteiger partial charge >= 0.3 is 13.1 Å². The molecule has 0 saturated carbocycles. The van der Waals surface area contributed by atoms with Crippen LogP contribution in [0.5, 0.6) is 0 Å². The van der Waals surface area contributed by atoms with Crippen molar-refractivity contribution in [1.82, 2.24) is 5.32 Å². The molecule has 118 valence electrons. The molecule has 1 aromatic carbocycles. The van der Waals surface area contributed by atoms with Gasteiger partial charge in [0, 0.05) is 5.56 Å². The van der Waals surface area contributed by atoms with E-state index in [1.807, 2.05) is 13.8 Å². The lowest BCUT2D eigenvalue weighted by atomic mass is 9.78. The molecular formula is C15H20BNO5. The van der Waals surface area contributed by atoms with Crippen LogP contribution in [0.2, 0.25) is 0 Å². The predicted octanol–water partition coefficient (Wildman–Crippen LogP) is 0.222. The van der Waals surface area contributed by atoms with Gasteiger partial charge in [-0.2, -0.15) is 0 Å². The third kappa shape index (κ3) is 3.31. The Morgan fingerprint density at radius 1 is 1.50 bits per heavy atom. The summed E-state index contributed by atoms with van der Waals surface area (Å²) in [5.74, 6) is -0.885. The fourth-order valence-corrected chi connectivity index (χ4v) is 2.38. The Labute approximate surface area is 129 Å². The molecule has 1 aliphatic heterocycles. The van der Waals surface area contributed by atoms with Gasteiger partial charge in [-0.1, -0.05) is 26.3 Å². The number of hydrogen-bond acceptors (Lipinski definition) is 5. The number of nitrogens with one attached hydrogen (secondary N) is 1. The smallest absolute Gasteiger partial charge is 0.467 e. The molecule has 0 unspecified atom stereocenters. The minimum atomic E-state index is -1.01. The van der Waals surface area contributed by atoms with E-state index in [4.69, 9.17) is 9.39 Å². The molecule has 6 nitrogen and oxygen atoms in total. The van der Waals surface area contributed by atoms with Crippen LogP contribution in [0.4, 0.5) is 0 Å². The molecule has 7 heteroatoms. The lowest BCUT2D eigenvalue weighted by Crippen LogP contribution is -2.46. The van der Waals surface area contributed by atoms with E-state index in [1.165, 1.54) is 7.11 Å². The first-order valence-electron chi connectivity index (χ1n) is 7.29. The van der Waals surface area contributed by atoms with Crippen LogP contribution >= 0.6 is 0 Å². The van der Waals surface area contributed by atoms with Gasteiger partial charge in [0.2, 0.25) is 0 Å². The molecule has 0 bridgehead atoms. The third-order valence-corrected chi connectivity index (χ3v) is 4.03. The second-order valence-electron chi connectivity index (χ2n) is 5.44. The van der Waals surface area contributed by atoms with Crippen molar-refractivity contribution >= 4 is 24.5 Å². The highest BCUT2D eigenvalue weighted by Crippen LogP contribution is 2.13. The molecule has 2 N–H and O–H groups in total. The van der Waals surface area contributed by atoms with E-state index in [1.54, 1.807) is 18.2 Å². The summed E-state index contributed by atoms with van der Waals surface area (Å²) in [5.41, 5.74) is 1.82. The zero-order valence-corrected chi connectivity index (χ0v) is 13.0. The minimum absolute atomic E-state index is 0.0419. The van der Waals surface area contributed by atoms with E-state index in [2.05, 4.69) is 5.32 Å². The molecule has 0 saturated heterocycles. The van der Waals surface area contributed by atoms with Crippen LogP contribution in [0.1, 0.15) is 36.2 Å². The Balaban J connectivity index is 2.17. The van der Waals surface area contributed by atoms with Crippen LogP contribution in [-0.2, 0) is 20.8 Å². The van der Waals surface area contributed by atoms with Gasteiger partial charge in [0.15, 0.2) is 0 Å². The van der Waals surface area contributed by atoms with Gasteiger partial charge in [-0.15, -0.1) is 0 Å². The summed E-state index contributed by atoms with van der Waals surface area (Å²) in [6.07, 6.45) is 0.733. The highest BCUT2D eigenvalue weighted by Gasteiger charge is 2.30. The molecule has 1 aliphatic rings. The maximum atomic E-state index is 12.4. The molecule has 0 aromatic heterocycles. The molecule has 0 aliphatic carbocycles. The Morgan fingerprint density at radius 2 is 2.23 bits per heavy atom. The number of fused-ring (bicyclic) bond motifs is 1. The zero-order chi connectivity index (χ0) is 16.3. The van der Waals surface area contributed by atoms with E-state index in [9.17, 15) is 14.6 Å². The number of esters is 1. The van der Waals surface area contributed by atoms with Crippen molar-refractivity contribution < 1.29 is 24.0 Å². The standard InChI is InChI=1S/C15H20BNO5/c1-4-9(2)13(15(19)21-3)17-14(18)10-5-6-11-8-22-16(20)12(11)7-10/h5-7,9,13,20H,4,8H2,1-3H3,(H,17,18)/t9-,13+/m1/s1. The van der Waals surface area contributed by atoms with Gasteiger partial charge in [0.05, 0.1) is 13.7 Å². The van der Waals surface area contributed by atoms with Gasteiger partial charge in [-0.25, -0.2) is 4.79 Å². The average molecular weight is 305 g/mol. The number of amides is 1. The highest BCUT2D eigenvalue weighted by molar-refractivity contribution is 6.61. The van der Waals surface area contributed by atoms with Crippen LogP contribution < -0.4 is 10.8 Å². The lowest BCUT2D eigenvalue weighted by molar-refractivity contribution is -0.144. The summed E-state index contributed by atoms with van der Waals surface area (Å²) in [6.45, 7) is 4.15. The van der Waals surface area contributed by atoms with E-state index in [-0.39, 0.29) is 11.8 Å². The summed E-state index contributed by atoms with van der Waals surface area (Å²) in [7, 11) is 0.293. The molecule has 22 heavy (non-hydrogen) atoms. The number of carbonyl (C=O) groups excluding carboxylic acids is 2. The van der Waals surface area contributed by atoms with Gasteiger partial charge < -0.3 is 19.7 Å². The number of ether oxygens (including phenoxy) is 1. The fraction of sp³-hybridized carbons (Fsp3) is 0.467. The molecule has 2 rings (SSSR count). The van der Waals surface area contributed by atoms with Crippen molar-refractivity contribution in [2.75, 3.05) is 7.11 Å². The maximum absolute atomic E-state index is 12.4. The van der Waals surface area contributed by atoms with E-state index < -0.39 is 19.1 Å². The van der Waals surface area contributed by atoms with Crippen LogP contribution in [0.25, 0.3) is 0 Å². The Bertz CT molecular complexity index is 577. The predicted molar refractivity (Wildman–Crippen MR) is 81.6 cm³/mol. The Kier molecular flexibility index (Phi) is 5.21. The first kappa shape index (κ1) is 16.5. The largest absolute Gasteiger partial charge is 0.491 e. The number of methoxy groups -OCH3 is 1. The second-order valence-corrected chi connectivity index (χ2v) is 5.44. The molecule has 1 amide bonds. The van der Waals surface area contributed by atoms with Crippen LogP contribution in [-0.4, -0.2) is 37.2 Å². The van der Waals surface area contributed by atoms with Crippen LogP contribution in [0.3, 0.4) is 0 Å². The third-order valence-electron chi connectivity index (χ3n) is 4.03. The molecule has 1 aromatic rings. The van der Waals surface area contributed by atoms with E-state index in [0.717, 1.165) is 12.0 Å². The van der Waals surface area contributed by atoms with Crippen molar-refractivity contribution in [1.29, 1.82) is 0 Å². The molecule has 0 fully saturated rings. The Hall–Kier alpha value is -1.86. The molecule has 0 radical (unpaired) electrons. The van der Waals surface area contributed by atoms with Gasteiger partial charge in [-0.05, 0) is 29.1 Å². The summed E-state index contributed by atoms with van der Waals surface area (Å²) in [6, 6.07) is 4.29. The SMILES string of the molecule is CC[C@@H](C)[C@H](NC(=O)c1ccc2c(c1)B(O)OC2)C(=O)OC. The van der Waals surface area contributed by atoms with Crippen molar-refractivity contribution in [2.45, 2.75) is 32.9 Å². The fourth-order valence-electron chi connectivity index (χ4n) is 2.38. The average Bonchev–Trinajstić information content (AvgIpc) is 2.91. The number of benzene rings is 1. The van der Waals surface area contributed by atoms with Gasteiger partial charge in [-0.3, -0.25) is 4.79 Å². The maximum Gasteiger partial charge on any atom is 0.491 e. The number of hydrogen-bond donors (Lipinski definition) is 2. The Morgan fingerprint density at radius 3 is 2.86 bits per heavy atom. The molecule has 1 heterocycles. The summed E-state index contributed by atoms with van der Waals surface area (Å²) < 4.78 is 9.85. The summed E-state index contributed by atoms with van der Waals surface area (Å²) in [4.78, 5) is 24.2. The van der Waals surface area contributed by atoms with Gasteiger partial charge in [0.25, 0.3) is 5.91 Å². The van der Waals surface area contributed by atoms with E-state index in [0.29, 0.717) is 17.6 Å². The zero-order valence-electron chi connectivity index (χ0n) is 13.0. The number of carbonyl (C=O) groups is 2. The first-order chi connectivity index (χ1) is 10.5. The minimum Gasteiger partial charge on any atom is -0.467 e. The summed E-state index contributed by atoms with van der Waals surface area (Å²) >= 11 is 0. The van der Waals surface area contributed by atoms with Crippen molar-refractivity contribution in [3.05, 3.63) is 29.3 Å². The number of rotatable bonds is 5.